The number of aromatic hydroxyl groups is 1. The summed E-state index contributed by atoms with van der Waals surface area (Å²) in [6.07, 6.45) is 2.24. The van der Waals surface area contributed by atoms with Crippen molar-refractivity contribution in [3.05, 3.63) is 28.8 Å². The third-order valence-electron chi connectivity index (χ3n) is 2.79. The molecule has 0 aromatic heterocycles. The van der Waals surface area contributed by atoms with Crippen molar-refractivity contribution < 1.29 is 5.11 Å². The standard InChI is InChI=1S/C14H22O/c1-6-7-11-8-9-12(15)10(2)13(11)14(3,4)5/h8-9,15H,6-7H2,1-5H3. The fourth-order valence-electron chi connectivity index (χ4n) is 2.28. The van der Waals surface area contributed by atoms with E-state index in [0.717, 1.165) is 18.4 Å². The van der Waals surface area contributed by atoms with E-state index < -0.39 is 0 Å². The van der Waals surface area contributed by atoms with E-state index in [0.29, 0.717) is 5.75 Å². The highest BCUT2D eigenvalue weighted by Crippen LogP contribution is 2.34. The fourth-order valence-corrected chi connectivity index (χ4v) is 2.28. The molecule has 0 atom stereocenters. The van der Waals surface area contributed by atoms with Crippen LogP contribution >= 0.6 is 0 Å². The number of rotatable bonds is 2. The highest BCUT2D eigenvalue weighted by Gasteiger charge is 2.21. The molecular weight excluding hydrogens is 184 g/mol. The first-order valence-electron chi connectivity index (χ1n) is 5.69. The van der Waals surface area contributed by atoms with E-state index in [9.17, 15) is 5.11 Å². The van der Waals surface area contributed by atoms with Gasteiger partial charge < -0.3 is 5.11 Å². The van der Waals surface area contributed by atoms with E-state index in [1.165, 1.54) is 11.1 Å². The second-order valence-corrected chi connectivity index (χ2v) is 5.24. The summed E-state index contributed by atoms with van der Waals surface area (Å²) < 4.78 is 0. The number of benzene rings is 1. The maximum atomic E-state index is 9.76. The molecule has 0 bridgehead atoms. The lowest BCUT2D eigenvalue weighted by atomic mass is 9.79. The quantitative estimate of drug-likeness (QED) is 0.776. The van der Waals surface area contributed by atoms with E-state index in [2.05, 4.69) is 33.8 Å². The zero-order chi connectivity index (χ0) is 11.6. The van der Waals surface area contributed by atoms with Crippen LogP contribution < -0.4 is 0 Å². The number of hydrogen-bond acceptors (Lipinski definition) is 1. The van der Waals surface area contributed by atoms with Gasteiger partial charge in [-0.3, -0.25) is 0 Å². The Bertz CT molecular complexity index is 345. The van der Waals surface area contributed by atoms with Crippen LogP contribution in [0.15, 0.2) is 12.1 Å². The second kappa shape index (κ2) is 4.26. The lowest BCUT2D eigenvalue weighted by molar-refractivity contribution is 0.464. The third-order valence-corrected chi connectivity index (χ3v) is 2.79. The molecule has 0 saturated heterocycles. The van der Waals surface area contributed by atoms with E-state index in [1.807, 2.05) is 13.0 Å². The third kappa shape index (κ3) is 2.53. The molecule has 0 saturated carbocycles. The summed E-state index contributed by atoms with van der Waals surface area (Å²) in [7, 11) is 0. The average Bonchev–Trinajstić information content (AvgIpc) is 2.10. The van der Waals surface area contributed by atoms with Crippen LogP contribution in [0.1, 0.15) is 50.8 Å². The summed E-state index contributed by atoms with van der Waals surface area (Å²) in [5, 5.41) is 9.76. The smallest absolute Gasteiger partial charge is 0.118 e. The summed E-state index contributed by atoms with van der Waals surface area (Å²) in [5.74, 6) is 0.416. The van der Waals surface area contributed by atoms with Gasteiger partial charge in [-0.25, -0.2) is 0 Å². The normalized spacial score (nSPS) is 11.8. The molecule has 1 nitrogen and oxygen atoms in total. The molecular formula is C14H22O. The van der Waals surface area contributed by atoms with Gasteiger partial charge in [0.25, 0.3) is 0 Å². The largest absolute Gasteiger partial charge is 0.508 e. The van der Waals surface area contributed by atoms with Crippen LogP contribution in [0.4, 0.5) is 0 Å². The van der Waals surface area contributed by atoms with Gasteiger partial charge in [0, 0.05) is 0 Å². The predicted molar refractivity (Wildman–Crippen MR) is 65.5 cm³/mol. The maximum Gasteiger partial charge on any atom is 0.118 e. The molecule has 1 N–H and O–H groups in total. The molecule has 1 aromatic rings. The van der Waals surface area contributed by atoms with E-state index in [1.54, 1.807) is 0 Å². The molecule has 0 radical (unpaired) electrons. The Hall–Kier alpha value is -0.980. The highest BCUT2D eigenvalue weighted by molar-refractivity contribution is 5.47. The van der Waals surface area contributed by atoms with Gasteiger partial charge in [-0.1, -0.05) is 40.2 Å². The predicted octanol–water partition coefficient (Wildman–Crippen LogP) is 3.95. The molecule has 0 aliphatic heterocycles. The van der Waals surface area contributed by atoms with Gasteiger partial charge in [-0.05, 0) is 41.5 Å². The molecule has 0 amide bonds. The van der Waals surface area contributed by atoms with Gasteiger partial charge in [-0.15, -0.1) is 0 Å². The summed E-state index contributed by atoms with van der Waals surface area (Å²) in [6.45, 7) is 10.8. The number of phenols is 1. The lowest BCUT2D eigenvalue weighted by Gasteiger charge is -2.26. The molecule has 0 fully saturated rings. The molecule has 0 spiro atoms. The Morgan fingerprint density at radius 1 is 1.20 bits per heavy atom. The first kappa shape index (κ1) is 12.1. The minimum atomic E-state index is 0.104. The van der Waals surface area contributed by atoms with Gasteiger partial charge in [0.2, 0.25) is 0 Å². The highest BCUT2D eigenvalue weighted by atomic mass is 16.3. The molecule has 1 rings (SSSR count). The Morgan fingerprint density at radius 2 is 1.80 bits per heavy atom. The van der Waals surface area contributed by atoms with Crippen molar-refractivity contribution in [2.45, 2.75) is 52.9 Å². The minimum absolute atomic E-state index is 0.104. The van der Waals surface area contributed by atoms with E-state index >= 15 is 0 Å². The molecule has 84 valence electrons. The van der Waals surface area contributed by atoms with Crippen molar-refractivity contribution in [3.8, 4) is 5.75 Å². The number of hydrogen-bond donors (Lipinski definition) is 1. The summed E-state index contributed by atoms with van der Waals surface area (Å²) in [5.41, 5.74) is 3.82. The van der Waals surface area contributed by atoms with Crippen LogP contribution in [-0.2, 0) is 11.8 Å². The molecule has 1 aromatic carbocycles. The fraction of sp³-hybridized carbons (Fsp3) is 0.571. The van der Waals surface area contributed by atoms with Gasteiger partial charge in [0.1, 0.15) is 5.75 Å². The van der Waals surface area contributed by atoms with Crippen molar-refractivity contribution in [2.24, 2.45) is 0 Å². The Balaban J connectivity index is 3.35. The molecule has 0 aliphatic carbocycles. The monoisotopic (exact) mass is 206 g/mol. The molecule has 1 heteroatoms. The Kier molecular flexibility index (Phi) is 3.43. The molecule has 0 unspecified atom stereocenters. The van der Waals surface area contributed by atoms with Crippen LogP contribution in [0.2, 0.25) is 0 Å². The van der Waals surface area contributed by atoms with Gasteiger partial charge >= 0.3 is 0 Å². The summed E-state index contributed by atoms with van der Waals surface area (Å²) in [6, 6.07) is 3.88. The molecule has 0 aliphatic rings. The van der Waals surface area contributed by atoms with Gasteiger partial charge in [0.15, 0.2) is 0 Å². The van der Waals surface area contributed by atoms with Crippen molar-refractivity contribution in [1.29, 1.82) is 0 Å². The van der Waals surface area contributed by atoms with Crippen LogP contribution in [0.5, 0.6) is 5.75 Å². The second-order valence-electron chi connectivity index (χ2n) is 5.24. The summed E-state index contributed by atoms with van der Waals surface area (Å²) in [4.78, 5) is 0. The van der Waals surface area contributed by atoms with Crippen LogP contribution in [0.25, 0.3) is 0 Å². The number of aryl methyl sites for hydroxylation is 1. The minimum Gasteiger partial charge on any atom is -0.508 e. The Labute approximate surface area is 93.1 Å². The average molecular weight is 206 g/mol. The van der Waals surface area contributed by atoms with Crippen LogP contribution in [-0.4, -0.2) is 5.11 Å². The number of phenolic OH excluding ortho intramolecular Hbond substituents is 1. The van der Waals surface area contributed by atoms with E-state index in [-0.39, 0.29) is 5.41 Å². The van der Waals surface area contributed by atoms with Gasteiger partial charge in [-0.2, -0.15) is 0 Å². The van der Waals surface area contributed by atoms with Crippen molar-refractivity contribution in [1.82, 2.24) is 0 Å². The topological polar surface area (TPSA) is 20.2 Å². The van der Waals surface area contributed by atoms with Crippen molar-refractivity contribution in [2.75, 3.05) is 0 Å². The first-order valence-corrected chi connectivity index (χ1v) is 5.69. The van der Waals surface area contributed by atoms with Crippen molar-refractivity contribution in [3.63, 3.8) is 0 Å². The zero-order valence-electron chi connectivity index (χ0n) is 10.5. The maximum absolute atomic E-state index is 9.76. The first-order chi connectivity index (χ1) is 6.88. The van der Waals surface area contributed by atoms with Gasteiger partial charge in [0.05, 0.1) is 0 Å². The lowest BCUT2D eigenvalue weighted by Crippen LogP contribution is -2.16. The molecule has 0 heterocycles. The zero-order valence-corrected chi connectivity index (χ0v) is 10.5. The van der Waals surface area contributed by atoms with Crippen molar-refractivity contribution >= 4 is 0 Å². The summed E-state index contributed by atoms with van der Waals surface area (Å²) >= 11 is 0. The van der Waals surface area contributed by atoms with E-state index in [4.69, 9.17) is 0 Å². The molecule has 15 heavy (non-hydrogen) atoms. The van der Waals surface area contributed by atoms with Crippen LogP contribution in [0.3, 0.4) is 0 Å². The van der Waals surface area contributed by atoms with Crippen LogP contribution in [0, 0.1) is 6.92 Å². The SMILES string of the molecule is CCCc1ccc(O)c(C)c1C(C)(C)C. The Morgan fingerprint density at radius 3 is 2.27 bits per heavy atom.